The van der Waals surface area contributed by atoms with Gasteiger partial charge >= 0.3 is 0 Å². The molecule has 1 aliphatic heterocycles. The Bertz CT molecular complexity index is 548. The maximum atomic E-state index is 13.1. The van der Waals surface area contributed by atoms with E-state index in [0.717, 1.165) is 18.2 Å². The molecule has 9 heteroatoms. The van der Waals surface area contributed by atoms with Crippen molar-refractivity contribution in [2.24, 2.45) is 5.11 Å². The number of aliphatic hydroxyl groups is 1. The largest absolute Gasteiger partial charge is 0.493 e. The van der Waals surface area contributed by atoms with Crippen LogP contribution in [0.3, 0.4) is 0 Å². The molecule has 1 aromatic carbocycles. The predicted octanol–water partition coefficient (Wildman–Crippen LogP) is 2.14. The van der Waals surface area contributed by atoms with Crippen molar-refractivity contribution in [3.05, 3.63) is 40.3 Å². The summed E-state index contributed by atoms with van der Waals surface area (Å²) in [5, 5.41) is 13.3. The molecule has 0 aliphatic carbocycles. The molecular formula is C13H15F2N3O4. The van der Waals surface area contributed by atoms with E-state index in [1.165, 1.54) is 7.11 Å². The highest BCUT2D eigenvalue weighted by Crippen LogP contribution is 2.26. The summed E-state index contributed by atoms with van der Waals surface area (Å²) in [6.07, 6.45) is -2.08. The summed E-state index contributed by atoms with van der Waals surface area (Å²) < 4.78 is 41.7. The van der Waals surface area contributed by atoms with Gasteiger partial charge in [0.2, 0.25) is 0 Å². The maximum Gasteiger partial charge on any atom is 0.183 e. The minimum Gasteiger partial charge on any atom is -0.493 e. The summed E-state index contributed by atoms with van der Waals surface area (Å²) in [7, 11) is 1.38. The van der Waals surface area contributed by atoms with Gasteiger partial charge in [-0.1, -0.05) is 5.11 Å². The van der Waals surface area contributed by atoms with Crippen LogP contribution in [-0.4, -0.2) is 43.4 Å². The molecule has 0 aromatic heterocycles. The number of rotatable bonds is 6. The van der Waals surface area contributed by atoms with Gasteiger partial charge in [-0.05, 0) is 5.53 Å². The number of aliphatic hydroxyl groups excluding tert-OH is 1. The highest BCUT2D eigenvalue weighted by molar-refractivity contribution is 5.23. The highest BCUT2D eigenvalue weighted by Gasteiger charge is 2.38. The third kappa shape index (κ3) is 4.05. The van der Waals surface area contributed by atoms with Gasteiger partial charge in [0.25, 0.3) is 0 Å². The molecule has 2 rings (SSSR count). The van der Waals surface area contributed by atoms with Crippen LogP contribution in [-0.2, 0) is 9.47 Å². The van der Waals surface area contributed by atoms with E-state index in [4.69, 9.17) is 19.7 Å². The molecule has 1 fully saturated rings. The molecule has 0 amide bonds. The molecular weight excluding hydrogens is 300 g/mol. The van der Waals surface area contributed by atoms with Crippen LogP contribution in [0.15, 0.2) is 23.3 Å². The minimum absolute atomic E-state index is 0.0301. The van der Waals surface area contributed by atoms with E-state index in [2.05, 4.69) is 10.0 Å². The Morgan fingerprint density at radius 1 is 1.45 bits per heavy atom. The molecule has 1 aliphatic rings. The first-order chi connectivity index (χ1) is 10.5. The lowest BCUT2D eigenvalue weighted by Crippen LogP contribution is -2.30. The molecule has 1 heterocycles. The molecule has 7 nitrogen and oxygen atoms in total. The first-order valence-electron chi connectivity index (χ1n) is 6.53. The van der Waals surface area contributed by atoms with Crippen LogP contribution in [0.1, 0.15) is 6.42 Å². The summed E-state index contributed by atoms with van der Waals surface area (Å²) in [6.45, 7) is -0.152. The maximum absolute atomic E-state index is 13.1. The van der Waals surface area contributed by atoms with E-state index < -0.39 is 36.2 Å². The second kappa shape index (κ2) is 7.37. The topological polar surface area (TPSA) is 96.7 Å². The van der Waals surface area contributed by atoms with Crippen LogP contribution >= 0.6 is 0 Å². The van der Waals surface area contributed by atoms with Crippen LogP contribution < -0.4 is 4.74 Å². The summed E-state index contributed by atoms with van der Waals surface area (Å²) in [5.74, 6) is -1.58. The molecule has 1 aromatic rings. The second-order valence-corrected chi connectivity index (χ2v) is 4.77. The van der Waals surface area contributed by atoms with Crippen molar-refractivity contribution in [1.29, 1.82) is 0 Å². The zero-order chi connectivity index (χ0) is 16.1. The molecule has 0 spiro atoms. The fourth-order valence-electron chi connectivity index (χ4n) is 2.20. The Morgan fingerprint density at radius 3 is 2.68 bits per heavy atom. The van der Waals surface area contributed by atoms with Crippen molar-refractivity contribution in [2.45, 2.75) is 31.0 Å². The lowest BCUT2D eigenvalue weighted by molar-refractivity contribution is -0.151. The molecule has 4 atom stereocenters. The van der Waals surface area contributed by atoms with Gasteiger partial charge in [-0.15, -0.1) is 0 Å². The number of azide groups is 1. The first kappa shape index (κ1) is 16.4. The first-order valence-corrected chi connectivity index (χ1v) is 6.53. The Kier molecular flexibility index (Phi) is 5.51. The zero-order valence-electron chi connectivity index (χ0n) is 11.7. The summed E-state index contributed by atoms with van der Waals surface area (Å²) in [5.41, 5.74) is 8.60. The number of ether oxygens (including phenoxy) is 3. The highest BCUT2D eigenvalue weighted by atomic mass is 19.1. The average molecular weight is 315 g/mol. The summed E-state index contributed by atoms with van der Waals surface area (Å²) in [4.78, 5) is 2.70. The molecule has 1 N–H and O–H groups in total. The van der Waals surface area contributed by atoms with E-state index in [1.807, 2.05) is 0 Å². The van der Waals surface area contributed by atoms with E-state index in [1.54, 1.807) is 0 Å². The number of halogens is 2. The summed E-state index contributed by atoms with van der Waals surface area (Å²) >= 11 is 0. The molecule has 0 bridgehead atoms. The van der Waals surface area contributed by atoms with Crippen LogP contribution in [0.25, 0.3) is 10.4 Å². The van der Waals surface area contributed by atoms with Crippen molar-refractivity contribution in [3.8, 4) is 5.75 Å². The van der Waals surface area contributed by atoms with Gasteiger partial charge in [-0.3, -0.25) is 0 Å². The van der Waals surface area contributed by atoms with Gasteiger partial charge in [0.05, 0.1) is 18.8 Å². The van der Waals surface area contributed by atoms with Crippen molar-refractivity contribution >= 4 is 0 Å². The standard InChI is InChI=1S/C13H15F2N3O4/c1-20-13-11(19)5-12(22-13)10(17-18-16)6-21-9-3-7(14)2-8(15)4-9/h2-4,10-13,19H,5-6H2,1H3/t10-,11+,12-,13?/m0/s1. The van der Waals surface area contributed by atoms with Crippen molar-refractivity contribution in [3.63, 3.8) is 0 Å². The molecule has 1 unspecified atom stereocenters. The van der Waals surface area contributed by atoms with Crippen LogP contribution in [0.4, 0.5) is 8.78 Å². The van der Waals surface area contributed by atoms with Gasteiger partial charge in [0.15, 0.2) is 6.29 Å². The van der Waals surface area contributed by atoms with Crippen molar-refractivity contribution < 1.29 is 28.1 Å². The third-order valence-corrected chi connectivity index (χ3v) is 3.22. The lowest BCUT2D eigenvalue weighted by Gasteiger charge is -2.19. The Morgan fingerprint density at radius 2 is 2.14 bits per heavy atom. The number of methoxy groups -OCH3 is 1. The molecule has 1 saturated heterocycles. The van der Waals surface area contributed by atoms with Gasteiger partial charge < -0.3 is 19.3 Å². The van der Waals surface area contributed by atoms with Crippen LogP contribution in [0, 0.1) is 11.6 Å². The van der Waals surface area contributed by atoms with E-state index >= 15 is 0 Å². The third-order valence-electron chi connectivity index (χ3n) is 3.22. The van der Waals surface area contributed by atoms with Gasteiger partial charge in [-0.2, -0.15) is 0 Å². The monoisotopic (exact) mass is 315 g/mol. The quantitative estimate of drug-likeness (QED) is 0.494. The van der Waals surface area contributed by atoms with Crippen molar-refractivity contribution in [1.82, 2.24) is 0 Å². The molecule has 120 valence electrons. The minimum atomic E-state index is -0.849. The number of hydrogen-bond acceptors (Lipinski definition) is 5. The van der Waals surface area contributed by atoms with E-state index in [-0.39, 0.29) is 18.8 Å². The SMILES string of the molecule is COC1O[C@H]([C@H](COc2cc(F)cc(F)c2)N=[N+]=[N-])C[C@H]1O. The van der Waals surface area contributed by atoms with Gasteiger partial charge in [-0.25, -0.2) is 8.78 Å². The average Bonchev–Trinajstić information content (AvgIpc) is 2.83. The zero-order valence-corrected chi connectivity index (χ0v) is 11.7. The van der Waals surface area contributed by atoms with Crippen molar-refractivity contribution in [2.75, 3.05) is 13.7 Å². The van der Waals surface area contributed by atoms with Crippen LogP contribution in [0.5, 0.6) is 5.75 Å². The van der Waals surface area contributed by atoms with Gasteiger partial charge in [0.1, 0.15) is 23.5 Å². The number of hydrogen-bond donors (Lipinski definition) is 1. The Balaban J connectivity index is 2.02. The smallest absolute Gasteiger partial charge is 0.183 e. The Hall–Kier alpha value is -1.93. The Labute approximate surface area is 125 Å². The fourth-order valence-corrected chi connectivity index (χ4v) is 2.20. The summed E-state index contributed by atoms with van der Waals surface area (Å²) in [6, 6.07) is 1.97. The fraction of sp³-hybridized carbons (Fsp3) is 0.538. The van der Waals surface area contributed by atoms with Crippen LogP contribution in [0.2, 0.25) is 0 Å². The van der Waals surface area contributed by atoms with E-state index in [9.17, 15) is 13.9 Å². The normalized spacial score (nSPS) is 25.5. The molecule has 0 radical (unpaired) electrons. The predicted molar refractivity (Wildman–Crippen MR) is 71.1 cm³/mol. The molecule has 0 saturated carbocycles. The lowest BCUT2D eigenvalue weighted by atomic mass is 10.1. The number of nitrogens with zero attached hydrogens (tertiary/aromatic N) is 3. The molecule has 22 heavy (non-hydrogen) atoms. The number of benzene rings is 1. The van der Waals surface area contributed by atoms with Gasteiger partial charge in [0, 0.05) is 36.6 Å². The second-order valence-electron chi connectivity index (χ2n) is 4.77. The van der Waals surface area contributed by atoms with E-state index in [0.29, 0.717) is 0 Å².